The van der Waals surface area contributed by atoms with Gasteiger partial charge in [-0.05, 0) is 42.2 Å². The highest BCUT2D eigenvalue weighted by atomic mass is 16.2. The molecule has 3 heteroatoms. The number of amides is 1. The second kappa shape index (κ2) is 5.24. The van der Waals surface area contributed by atoms with Crippen LogP contribution in [0.5, 0.6) is 0 Å². The molecule has 0 aromatic heterocycles. The van der Waals surface area contributed by atoms with Crippen LogP contribution in [0.3, 0.4) is 0 Å². The zero-order chi connectivity index (χ0) is 15.0. The van der Waals surface area contributed by atoms with E-state index in [9.17, 15) is 4.79 Å². The highest BCUT2D eigenvalue weighted by molar-refractivity contribution is 6.06. The lowest BCUT2D eigenvalue weighted by Crippen LogP contribution is -2.42. The van der Waals surface area contributed by atoms with Gasteiger partial charge in [0.15, 0.2) is 0 Å². The Bertz CT molecular complexity index is 670. The zero-order valence-electron chi connectivity index (χ0n) is 12.6. The summed E-state index contributed by atoms with van der Waals surface area (Å²) in [6, 6.07) is 4.36. The number of carbonyl (C=O) groups is 1. The van der Waals surface area contributed by atoms with Gasteiger partial charge >= 0.3 is 0 Å². The molecule has 1 aromatic rings. The Morgan fingerprint density at radius 3 is 2.90 bits per heavy atom. The van der Waals surface area contributed by atoms with E-state index in [0.717, 1.165) is 29.9 Å². The highest BCUT2D eigenvalue weighted by Gasteiger charge is 2.33. The Balaban J connectivity index is 2.14. The fraction of sp³-hybridized carbons (Fsp3) is 0.278. The standard InChI is InChI=1S/C18H20N2O/c1-4-6-7-13(5-2)15-10-14-8-9-20-17(21)12-19(3)16(11-15)18(14)20/h4-7,10-11H,2,8-9,12H2,1,3H3/b6-4-,13-7+. The van der Waals surface area contributed by atoms with E-state index in [1.54, 1.807) is 0 Å². The van der Waals surface area contributed by atoms with Crippen LogP contribution in [0.4, 0.5) is 11.4 Å². The van der Waals surface area contributed by atoms with Gasteiger partial charge in [0.25, 0.3) is 0 Å². The first-order valence-corrected chi connectivity index (χ1v) is 7.30. The number of likely N-dealkylation sites (N-methyl/N-ethyl adjacent to an activating group) is 1. The van der Waals surface area contributed by atoms with Crippen LogP contribution in [-0.2, 0) is 11.2 Å². The van der Waals surface area contributed by atoms with Crippen LogP contribution in [0.25, 0.3) is 5.57 Å². The number of allylic oxidation sites excluding steroid dienone is 5. The van der Waals surface area contributed by atoms with Crippen molar-refractivity contribution in [3.63, 3.8) is 0 Å². The second-order valence-corrected chi connectivity index (χ2v) is 5.51. The molecule has 0 aliphatic carbocycles. The van der Waals surface area contributed by atoms with Gasteiger partial charge in [0.1, 0.15) is 0 Å². The van der Waals surface area contributed by atoms with E-state index >= 15 is 0 Å². The smallest absolute Gasteiger partial charge is 0.246 e. The van der Waals surface area contributed by atoms with Crippen LogP contribution in [0.2, 0.25) is 0 Å². The van der Waals surface area contributed by atoms with Crippen LogP contribution in [0.15, 0.2) is 43.0 Å². The third-order valence-electron chi connectivity index (χ3n) is 4.15. The third kappa shape index (κ3) is 2.19. The third-order valence-corrected chi connectivity index (χ3v) is 4.15. The first kappa shape index (κ1) is 13.7. The van der Waals surface area contributed by atoms with Crippen molar-refractivity contribution in [1.82, 2.24) is 0 Å². The van der Waals surface area contributed by atoms with E-state index in [0.29, 0.717) is 6.54 Å². The predicted molar refractivity (Wildman–Crippen MR) is 88.8 cm³/mol. The molecule has 1 amide bonds. The molecule has 21 heavy (non-hydrogen) atoms. The van der Waals surface area contributed by atoms with Gasteiger partial charge in [0, 0.05) is 13.6 Å². The van der Waals surface area contributed by atoms with Crippen LogP contribution in [0.1, 0.15) is 18.1 Å². The molecule has 0 saturated heterocycles. The molecule has 3 nitrogen and oxygen atoms in total. The largest absolute Gasteiger partial charge is 0.364 e. The van der Waals surface area contributed by atoms with Gasteiger partial charge in [-0.15, -0.1) is 0 Å². The van der Waals surface area contributed by atoms with E-state index < -0.39 is 0 Å². The van der Waals surface area contributed by atoms with Crippen LogP contribution in [0, 0.1) is 0 Å². The maximum absolute atomic E-state index is 12.1. The highest BCUT2D eigenvalue weighted by Crippen LogP contribution is 2.42. The summed E-state index contributed by atoms with van der Waals surface area (Å²) >= 11 is 0. The van der Waals surface area contributed by atoms with Crippen LogP contribution in [-0.4, -0.2) is 26.0 Å². The van der Waals surface area contributed by atoms with Crippen molar-refractivity contribution >= 4 is 22.9 Å². The van der Waals surface area contributed by atoms with Gasteiger partial charge in [-0.2, -0.15) is 0 Å². The van der Waals surface area contributed by atoms with Crippen molar-refractivity contribution in [2.24, 2.45) is 0 Å². The first-order valence-electron chi connectivity index (χ1n) is 7.30. The van der Waals surface area contributed by atoms with E-state index in [-0.39, 0.29) is 5.91 Å². The van der Waals surface area contributed by atoms with Gasteiger partial charge in [-0.25, -0.2) is 0 Å². The van der Waals surface area contributed by atoms with Gasteiger partial charge < -0.3 is 9.80 Å². The second-order valence-electron chi connectivity index (χ2n) is 5.51. The maximum atomic E-state index is 12.1. The number of rotatable bonds is 3. The molecule has 0 radical (unpaired) electrons. The molecule has 0 fully saturated rings. The van der Waals surface area contributed by atoms with Gasteiger partial charge in [-0.3, -0.25) is 4.79 Å². The topological polar surface area (TPSA) is 23.6 Å². The molecule has 108 valence electrons. The monoisotopic (exact) mass is 280 g/mol. The van der Waals surface area contributed by atoms with Crippen molar-refractivity contribution in [1.29, 1.82) is 0 Å². The molecular formula is C18H20N2O. The van der Waals surface area contributed by atoms with Crippen LogP contribution < -0.4 is 9.80 Å². The summed E-state index contributed by atoms with van der Waals surface area (Å²) in [5.74, 6) is 0.199. The lowest BCUT2D eigenvalue weighted by atomic mass is 9.98. The number of nitrogens with zero attached hydrogens (tertiary/aromatic N) is 2. The van der Waals surface area contributed by atoms with E-state index in [4.69, 9.17) is 0 Å². The SMILES string of the molecule is C=C/C(=C\C=C/C)c1cc2c3c(c1)N(C)CC(=O)N3CC2. The fourth-order valence-corrected chi connectivity index (χ4v) is 3.09. The summed E-state index contributed by atoms with van der Waals surface area (Å²) in [6.07, 6.45) is 8.92. The number of carbonyl (C=O) groups excluding carboxylic acids is 1. The molecular weight excluding hydrogens is 260 g/mol. The normalized spacial score (nSPS) is 17.6. The van der Waals surface area contributed by atoms with Crippen molar-refractivity contribution in [3.8, 4) is 0 Å². The lowest BCUT2D eigenvalue weighted by molar-refractivity contribution is -0.117. The summed E-state index contributed by atoms with van der Waals surface area (Å²) in [5, 5.41) is 0. The molecule has 0 bridgehead atoms. The molecule has 2 heterocycles. The minimum absolute atomic E-state index is 0.199. The number of benzene rings is 1. The molecule has 0 saturated carbocycles. The molecule has 0 spiro atoms. The first-order chi connectivity index (χ1) is 10.2. The van der Waals surface area contributed by atoms with Crippen molar-refractivity contribution < 1.29 is 4.79 Å². The molecule has 2 aliphatic heterocycles. The van der Waals surface area contributed by atoms with Crippen LogP contribution >= 0.6 is 0 Å². The molecule has 0 unspecified atom stereocenters. The Morgan fingerprint density at radius 2 is 2.19 bits per heavy atom. The molecule has 2 aliphatic rings. The number of hydrogen-bond donors (Lipinski definition) is 0. The van der Waals surface area contributed by atoms with Crippen molar-refractivity contribution in [3.05, 3.63) is 54.1 Å². The zero-order valence-corrected chi connectivity index (χ0v) is 12.6. The molecule has 1 aromatic carbocycles. The number of hydrogen-bond acceptors (Lipinski definition) is 2. The minimum Gasteiger partial charge on any atom is -0.364 e. The summed E-state index contributed by atoms with van der Waals surface area (Å²) in [7, 11) is 1.98. The number of anilines is 2. The summed E-state index contributed by atoms with van der Waals surface area (Å²) in [5.41, 5.74) is 5.78. The molecule has 0 atom stereocenters. The summed E-state index contributed by atoms with van der Waals surface area (Å²) in [4.78, 5) is 16.1. The summed E-state index contributed by atoms with van der Waals surface area (Å²) in [6.45, 7) is 7.18. The van der Waals surface area contributed by atoms with E-state index in [1.165, 1.54) is 11.1 Å². The quantitative estimate of drug-likeness (QED) is 0.794. The van der Waals surface area contributed by atoms with E-state index in [2.05, 4.69) is 24.8 Å². The minimum atomic E-state index is 0.199. The molecule has 0 N–H and O–H groups in total. The summed E-state index contributed by atoms with van der Waals surface area (Å²) < 4.78 is 0. The molecule has 3 rings (SSSR count). The lowest BCUT2D eigenvalue weighted by Gasteiger charge is -2.33. The van der Waals surface area contributed by atoms with Crippen molar-refractivity contribution in [2.45, 2.75) is 13.3 Å². The van der Waals surface area contributed by atoms with Gasteiger partial charge in [0.05, 0.1) is 17.9 Å². The average molecular weight is 280 g/mol. The average Bonchev–Trinajstić information content (AvgIpc) is 2.90. The predicted octanol–water partition coefficient (Wildman–Crippen LogP) is 3.17. The Kier molecular flexibility index (Phi) is 3.42. The van der Waals surface area contributed by atoms with E-state index in [1.807, 2.05) is 42.0 Å². The maximum Gasteiger partial charge on any atom is 0.246 e. The fourth-order valence-electron chi connectivity index (χ4n) is 3.09. The Labute approximate surface area is 125 Å². The Hall–Kier alpha value is -2.29. The Morgan fingerprint density at radius 1 is 1.38 bits per heavy atom. The van der Waals surface area contributed by atoms with Gasteiger partial charge in [0.2, 0.25) is 5.91 Å². The van der Waals surface area contributed by atoms with Crippen molar-refractivity contribution in [2.75, 3.05) is 29.9 Å². The van der Waals surface area contributed by atoms with Gasteiger partial charge in [-0.1, -0.05) is 30.9 Å².